The fourth-order valence-corrected chi connectivity index (χ4v) is 2.71. The second kappa shape index (κ2) is 6.64. The summed E-state index contributed by atoms with van der Waals surface area (Å²) in [7, 11) is 0. The summed E-state index contributed by atoms with van der Waals surface area (Å²) < 4.78 is 8.21. The fourth-order valence-electron chi connectivity index (χ4n) is 2.19. The smallest absolute Gasteiger partial charge is 0.251 e. The second-order valence-electron chi connectivity index (χ2n) is 5.02. The van der Waals surface area contributed by atoms with E-state index in [1.54, 1.807) is 18.2 Å². The Morgan fingerprint density at radius 3 is 2.73 bits per heavy atom. The standard InChI is InChI=1S/C16H15N3O2S/c20-13(8-11-4-2-1-3-5-11)10-17-16(21)12-6-7-14-15(9-12)19-22-18-14/h1-7,9,13,20H,8,10H2,(H,17,21). The molecule has 2 aromatic carbocycles. The number of amides is 1. The van der Waals surface area contributed by atoms with E-state index in [0.717, 1.165) is 22.8 Å². The molecule has 0 fully saturated rings. The molecule has 22 heavy (non-hydrogen) atoms. The van der Waals surface area contributed by atoms with E-state index < -0.39 is 6.10 Å². The summed E-state index contributed by atoms with van der Waals surface area (Å²) in [6, 6.07) is 14.9. The third kappa shape index (κ3) is 3.47. The van der Waals surface area contributed by atoms with Crippen LogP contribution in [0, 0.1) is 0 Å². The first-order valence-electron chi connectivity index (χ1n) is 6.95. The number of fused-ring (bicyclic) bond motifs is 1. The Bertz CT molecular complexity index is 773. The molecule has 0 spiro atoms. The number of nitrogens with zero attached hydrogens (tertiary/aromatic N) is 2. The molecule has 0 saturated carbocycles. The van der Waals surface area contributed by atoms with Crippen LogP contribution in [0.5, 0.6) is 0 Å². The van der Waals surface area contributed by atoms with Gasteiger partial charge in [-0.2, -0.15) is 8.75 Å². The van der Waals surface area contributed by atoms with Crippen LogP contribution in [0.1, 0.15) is 15.9 Å². The molecule has 0 saturated heterocycles. The van der Waals surface area contributed by atoms with Crippen LogP contribution in [0.3, 0.4) is 0 Å². The number of benzene rings is 2. The molecule has 3 aromatic rings. The van der Waals surface area contributed by atoms with Gasteiger partial charge in [-0.05, 0) is 23.8 Å². The topological polar surface area (TPSA) is 75.1 Å². The van der Waals surface area contributed by atoms with Gasteiger partial charge in [-0.1, -0.05) is 30.3 Å². The third-order valence-corrected chi connectivity index (χ3v) is 3.89. The van der Waals surface area contributed by atoms with Crippen LogP contribution >= 0.6 is 11.7 Å². The lowest BCUT2D eigenvalue weighted by Gasteiger charge is -2.12. The van der Waals surface area contributed by atoms with Crippen molar-refractivity contribution in [3.63, 3.8) is 0 Å². The van der Waals surface area contributed by atoms with Gasteiger partial charge >= 0.3 is 0 Å². The third-order valence-electron chi connectivity index (χ3n) is 3.33. The average Bonchev–Trinajstić information content (AvgIpc) is 3.01. The first-order valence-corrected chi connectivity index (χ1v) is 7.68. The molecule has 0 aliphatic heterocycles. The molecule has 3 rings (SSSR count). The largest absolute Gasteiger partial charge is 0.391 e. The van der Waals surface area contributed by atoms with Gasteiger partial charge in [-0.15, -0.1) is 0 Å². The maximum Gasteiger partial charge on any atom is 0.251 e. The Morgan fingerprint density at radius 1 is 1.14 bits per heavy atom. The van der Waals surface area contributed by atoms with Crippen molar-refractivity contribution < 1.29 is 9.90 Å². The Balaban J connectivity index is 1.57. The van der Waals surface area contributed by atoms with Crippen LogP contribution in [-0.2, 0) is 6.42 Å². The van der Waals surface area contributed by atoms with Gasteiger partial charge < -0.3 is 10.4 Å². The summed E-state index contributed by atoms with van der Waals surface area (Å²) in [6.07, 6.45) is -0.105. The van der Waals surface area contributed by atoms with Crippen molar-refractivity contribution in [2.24, 2.45) is 0 Å². The molecule has 1 atom stereocenters. The molecule has 1 heterocycles. The van der Waals surface area contributed by atoms with Crippen LogP contribution in [0.25, 0.3) is 11.0 Å². The molecule has 5 nitrogen and oxygen atoms in total. The number of aliphatic hydroxyl groups is 1. The number of hydrogen-bond acceptors (Lipinski definition) is 5. The van der Waals surface area contributed by atoms with Crippen molar-refractivity contribution in [1.82, 2.24) is 14.1 Å². The highest BCUT2D eigenvalue weighted by molar-refractivity contribution is 7.00. The van der Waals surface area contributed by atoms with Crippen molar-refractivity contribution in [2.75, 3.05) is 6.54 Å². The first-order chi connectivity index (χ1) is 10.7. The van der Waals surface area contributed by atoms with E-state index >= 15 is 0 Å². The van der Waals surface area contributed by atoms with Crippen molar-refractivity contribution >= 4 is 28.7 Å². The molecule has 1 unspecified atom stereocenters. The molecule has 0 bridgehead atoms. The molecule has 1 aromatic heterocycles. The summed E-state index contributed by atoms with van der Waals surface area (Å²) in [6.45, 7) is 0.209. The maximum absolute atomic E-state index is 12.1. The zero-order valence-corrected chi connectivity index (χ0v) is 12.6. The van der Waals surface area contributed by atoms with Gasteiger partial charge in [0.1, 0.15) is 11.0 Å². The van der Waals surface area contributed by atoms with Crippen molar-refractivity contribution in [1.29, 1.82) is 0 Å². The molecule has 0 aliphatic carbocycles. The Labute approximate surface area is 131 Å². The lowest BCUT2D eigenvalue weighted by atomic mass is 10.1. The zero-order chi connectivity index (χ0) is 15.4. The molecule has 6 heteroatoms. The summed E-state index contributed by atoms with van der Waals surface area (Å²) in [5.74, 6) is -0.220. The predicted molar refractivity (Wildman–Crippen MR) is 85.9 cm³/mol. The average molecular weight is 313 g/mol. The van der Waals surface area contributed by atoms with Gasteiger partial charge in [0.15, 0.2) is 0 Å². The Kier molecular flexibility index (Phi) is 4.41. The molecule has 2 N–H and O–H groups in total. The SMILES string of the molecule is O=C(NCC(O)Cc1ccccc1)c1ccc2nsnc2c1. The van der Waals surface area contributed by atoms with E-state index in [2.05, 4.69) is 14.1 Å². The zero-order valence-electron chi connectivity index (χ0n) is 11.8. The quantitative estimate of drug-likeness (QED) is 0.756. The molecule has 0 aliphatic rings. The number of hydrogen-bond donors (Lipinski definition) is 2. The number of nitrogens with one attached hydrogen (secondary N) is 1. The molecule has 112 valence electrons. The highest BCUT2D eigenvalue weighted by atomic mass is 32.1. The molecular weight excluding hydrogens is 298 g/mol. The molecule has 0 radical (unpaired) electrons. The van der Waals surface area contributed by atoms with Gasteiger partial charge in [0.05, 0.1) is 17.8 Å². The van der Waals surface area contributed by atoms with E-state index in [1.165, 1.54) is 0 Å². The lowest BCUT2D eigenvalue weighted by Crippen LogP contribution is -2.33. The van der Waals surface area contributed by atoms with Crippen LogP contribution in [0.2, 0.25) is 0 Å². The number of aromatic nitrogens is 2. The van der Waals surface area contributed by atoms with Crippen LogP contribution in [-0.4, -0.2) is 32.4 Å². The normalized spacial score (nSPS) is 12.2. The van der Waals surface area contributed by atoms with Crippen molar-refractivity contribution in [2.45, 2.75) is 12.5 Å². The van der Waals surface area contributed by atoms with Gasteiger partial charge in [0.25, 0.3) is 5.91 Å². The van der Waals surface area contributed by atoms with Crippen LogP contribution in [0.4, 0.5) is 0 Å². The van der Waals surface area contributed by atoms with E-state index in [9.17, 15) is 9.90 Å². The number of rotatable bonds is 5. The number of carbonyl (C=O) groups is 1. The highest BCUT2D eigenvalue weighted by Gasteiger charge is 2.11. The van der Waals surface area contributed by atoms with Crippen molar-refractivity contribution in [3.05, 3.63) is 59.7 Å². The van der Waals surface area contributed by atoms with Gasteiger partial charge in [-0.3, -0.25) is 4.79 Å². The number of aliphatic hydroxyl groups excluding tert-OH is 1. The van der Waals surface area contributed by atoms with E-state index in [-0.39, 0.29) is 12.5 Å². The maximum atomic E-state index is 12.1. The highest BCUT2D eigenvalue weighted by Crippen LogP contribution is 2.13. The van der Waals surface area contributed by atoms with Crippen molar-refractivity contribution in [3.8, 4) is 0 Å². The van der Waals surface area contributed by atoms with Gasteiger partial charge in [0.2, 0.25) is 0 Å². The fraction of sp³-hybridized carbons (Fsp3) is 0.188. The van der Waals surface area contributed by atoms with E-state index in [4.69, 9.17) is 0 Å². The van der Waals surface area contributed by atoms with Gasteiger partial charge in [-0.25, -0.2) is 0 Å². The Morgan fingerprint density at radius 2 is 1.91 bits per heavy atom. The monoisotopic (exact) mass is 313 g/mol. The summed E-state index contributed by atoms with van der Waals surface area (Å²) in [5.41, 5.74) is 3.06. The molecular formula is C16H15N3O2S. The minimum atomic E-state index is -0.615. The summed E-state index contributed by atoms with van der Waals surface area (Å²) in [4.78, 5) is 12.1. The van der Waals surface area contributed by atoms with Crippen LogP contribution < -0.4 is 5.32 Å². The second-order valence-corrected chi connectivity index (χ2v) is 5.55. The summed E-state index contributed by atoms with van der Waals surface area (Å²) >= 11 is 1.12. The molecule has 1 amide bonds. The minimum absolute atomic E-state index is 0.209. The van der Waals surface area contributed by atoms with E-state index in [0.29, 0.717) is 17.5 Å². The van der Waals surface area contributed by atoms with Crippen LogP contribution in [0.15, 0.2) is 48.5 Å². The number of carbonyl (C=O) groups excluding carboxylic acids is 1. The lowest BCUT2D eigenvalue weighted by molar-refractivity contribution is 0.0916. The Hall–Kier alpha value is -2.31. The minimum Gasteiger partial charge on any atom is -0.391 e. The van der Waals surface area contributed by atoms with Gasteiger partial charge in [0, 0.05) is 18.5 Å². The summed E-state index contributed by atoms with van der Waals surface area (Å²) in [5, 5.41) is 12.7. The van der Waals surface area contributed by atoms with E-state index in [1.807, 2.05) is 30.3 Å². The predicted octanol–water partition coefficient (Wildman–Crippen LogP) is 2.02. The first kappa shape index (κ1) is 14.6.